The van der Waals surface area contributed by atoms with Crippen LogP contribution in [-0.2, 0) is 6.54 Å². The summed E-state index contributed by atoms with van der Waals surface area (Å²) < 4.78 is 0.818. The van der Waals surface area contributed by atoms with Gasteiger partial charge in [0, 0.05) is 17.5 Å². The van der Waals surface area contributed by atoms with Crippen LogP contribution in [0.25, 0.3) is 0 Å². The zero-order valence-electron chi connectivity index (χ0n) is 9.48. The molecule has 0 radical (unpaired) electrons. The van der Waals surface area contributed by atoms with E-state index in [2.05, 4.69) is 12.2 Å². The summed E-state index contributed by atoms with van der Waals surface area (Å²) in [7, 11) is 0. The van der Waals surface area contributed by atoms with E-state index in [1.54, 1.807) is 23.5 Å². The molecule has 1 atom stereocenters. The number of benzene rings is 1. The van der Waals surface area contributed by atoms with Crippen LogP contribution >= 0.6 is 22.9 Å². The lowest BCUT2D eigenvalue weighted by Gasteiger charge is -2.12. The molecule has 0 aliphatic carbocycles. The number of halogens is 1. The fourth-order valence-corrected chi connectivity index (χ4v) is 2.63. The van der Waals surface area contributed by atoms with Gasteiger partial charge >= 0.3 is 0 Å². The molecule has 2 nitrogen and oxygen atoms in total. The van der Waals surface area contributed by atoms with Gasteiger partial charge in [-0.05, 0) is 36.8 Å². The normalized spacial score (nSPS) is 12.6. The molecular formula is C13H14ClNOS. The Labute approximate surface area is 110 Å². The van der Waals surface area contributed by atoms with E-state index in [0.29, 0.717) is 5.75 Å². The van der Waals surface area contributed by atoms with Gasteiger partial charge in [-0.15, -0.1) is 11.3 Å². The van der Waals surface area contributed by atoms with Gasteiger partial charge in [-0.25, -0.2) is 0 Å². The van der Waals surface area contributed by atoms with Gasteiger partial charge in [-0.2, -0.15) is 0 Å². The molecule has 0 saturated carbocycles. The summed E-state index contributed by atoms with van der Waals surface area (Å²) in [4.78, 5) is 1.23. The van der Waals surface area contributed by atoms with Gasteiger partial charge in [-0.1, -0.05) is 23.7 Å². The number of thiophene rings is 1. The highest BCUT2D eigenvalue weighted by atomic mass is 35.5. The molecular weight excluding hydrogens is 254 g/mol. The van der Waals surface area contributed by atoms with Crippen molar-refractivity contribution in [3.8, 4) is 5.75 Å². The van der Waals surface area contributed by atoms with Crippen LogP contribution in [0.2, 0.25) is 4.34 Å². The smallest absolute Gasteiger partial charge is 0.115 e. The van der Waals surface area contributed by atoms with Crippen molar-refractivity contribution in [2.75, 3.05) is 0 Å². The van der Waals surface area contributed by atoms with E-state index in [4.69, 9.17) is 11.6 Å². The number of aromatic hydroxyl groups is 1. The zero-order valence-corrected chi connectivity index (χ0v) is 11.1. The molecule has 2 aromatic rings. The highest BCUT2D eigenvalue weighted by molar-refractivity contribution is 7.16. The van der Waals surface area contributed by atoms with Crippen LogP contribution in [0.1, 0.15) is 23.4 Å². The van der Waals surface area contributed by atoms with E-state index >= 15 is 0 Å². The van der Waals surface area contributed by atoms with E-state index in [1.165, 1.54) is 4.88 Å². The quantitative estimate of drug-likeness (QED) is 0.879. The number of hydrogen-bond acceptors (Lipinski definition) is 3. The Hall–Kier alpha value is -1.03. The predicted octanol–water partition coefficient (Wildman–Crippen LogP) is 3.96. The first-order valence-corrected chi connectivity index (χ1v) is 6.61. The Balaban J connectivity index is 1.92. The monoisotopic (exact) mass is 267 g/mol. The van der Waals surface area contributed by atoms with Crippen molar-refractivity contribution in [1.82, 2.24) is 5.32 Å². The molecule has 1 heterocycles. The Morgan fingerprint density at radius 3 is 2.53 bits per heavy atom. The number of phenols is 1. The van der Waals surface area contributed by atoms with Crippen LogP contribution in [0.3, 0.4) is 0 Å². The van der Waals surface area contributed by atoms with Crippen molar-refractivity contribution in [2.24, 2.45) is 0 Å². The first-order valence-electron chi connectivity index (χ1n) is 5.41. The highest BCUT2D eigenvalue weighted by Crippen LogP contribution is 2.26. The summed E-state index contributed by atoms with van der Waals surface area (Å²) in [5.41, 5.74) is 1.15. The van der Waals surface area contributed by atoms with E-state index < -0.39 is 0 Å². The largest absolute Gasteiger partial charge is 0.508 e. The van der Waals surface area contributed by atoms with Crippen LogP contribution < -0.4 is 5.32 Å². The van der Waals surface area contributed by atoms with E-state index in [-0.39, 0.29) is 6.04 Å². The molecule has 0 fully saturated rings. The van der Waals surface area contributed by atoms with Gasteiger partial charge < -0.3 is 10.4 Å². The molecule has 90 valence electrons. The third kappa shape index (κ3) is 3.46. The molecule has 0 aliphatic heterocycles. The van der Waals surface area contributed by atoms with Crippen molar-refractivity contribution in [3.05, 3.63) is 51.2 Å². The molecule has 1 aromatic heterocycles. The molecule has 4 heteroatoms. The second kappa shape index (κ2) is 5.54. The van der Waals surface area contributed by atoms with E-state index in [1.807, 2.05) is 24.3 Å². The van der Waals surface area contributed by atoms with Crippen molar-refractivity contribution in [1.29, 1.82) is 0 Å². The van der Waals surface area contributed by atoms with Crippen LogP contribution in [-0.4, -0.2) is 5.11 Å². The summed E-state index contributed by atoms with van der Waals surface area (Å²) >= 11 is 7.50. The van der Waals surface area contributed by atoms with E-state index in [9.17, 15) is 5.11 Å². The third-order valence-corrected chi connectivity index (χ3v) is 3.98. The molecule has 0 amide bonds. The van der Waals surface area contributed by atoms with Crippen LogP contribution in [0.4, 0.5) is 0 Å². The zero-order chi connectivity index (χ0) is 12.3. The fraction of sp³-hybridized carbons (Fsp3) is 0.231. The second-order valence-electron chi connectivity index (χ2n) is 3.91. The molecule has 2 N–H and O–H groups in total. The van der Waals surface area contributed by atoms with Gasteiger partial charge in [0.05, 0.1) is 4.34 Å². The maximum absolute atomic E-state index is 9.18. The molecule has 2 rings (SSSR count). The summed E-state index contributed by atoms with van der Waals surface area (Å²) in [5.74, 6) is 0.298. The molecule has 0 spiro atoms. The molecule has 0 saturated heterocycles. The lowest BCUT2D eigenvalue weighted by atomic mass is 10.2. The topological polar surface area (TPSA) is 32.3 Å². The van der Waals surface area contributed by atoms with Gasteiger partial charge in [0.1, 0.15) is 5.75 Å². The summed E-state index contributed by atoms with van der Waals surface area (Å²) in [6, 6.07) is 11.5. The fourth-order valence-electron chi connectivity index (χ4n) is 1.55. The van der Waals surface area contributed by atoms with Crippen molar-refractivity contribution < 1.29 is 5.11 Å². The summed E-state index contributed by atoms with van der Waals surface area (Å²) in [6.07, 6.45) is 0. The summed E-state index contributed by atoms with van der Waals surface area (Å²) in [5, 5.41) is 12.6. The lowest BCUT2D eigenvalue weighted by Crippen LogP contribution is -2.16. The maximum Gasteiger partial charge on any atom is 0.115 e. The number of phenolic OH excluding ortho intramolecular Hbond substituents is 1. The van der Waals surface area contributed by atoms with Gasteiger partial charge in [-0.3, -0.25) is 0 Å². The molecule has 1 aromatic carbocycles. The average molecular weight is 268 g/mol. The average Bonchev–Trinajstić information content (AvgIpc) is 2.75. The second-order valence-corrected chi connectivity index (χ2v) is 5.66. The lowest BCUT2D eigenvalue weighted by molar-refractivity contribution is 0.475. The first kappa shape index (κ1) is 12.4. The first-order chi connectivity index (χ1) is 8.15. The molecule has 1 unspecified atom stereocenters. The minimum Gasteiger partial charge on any atom is -0.508 e. The standard InChI is InChI=1S/C13H14ClNOS/c1-9(12-6-7-13(14)17-12)15-8-10-2-4-11(16)5-3-10/h2-7,9,15-16H,8H2,1H3. The van der Waals surface area contributed by atoms with Crippen molar-refractivity contribution in [3.63, 3.8) is 0 Å². The van der Waals surface area contributed by atoms with Crippen molar-refractivity contribution >= 4 is 22.9 Å². The predicted molar refractivity (Wildman–Crippen MR) is 72.7 cm³/mol. The number of nitrogens with one attached hydrogen (secondary N) is 1. The van der Waals surface area contributed by atoms with Crippen molar-refractivity contribution in [2.45, 2.75) is 19.5 Å². The minimum atomic E-state index is 0.279. The summed E-state index contributed by atoms with van der Waals surface area (Å²) in [6.45, 7) is 2.89. The maximum atomic E-state index is 9.18. The van der Waals surface area contributed by atoms with Crippen LogP contribution in [0.15, 0.2) is 36.4 Å². The van der Waals surface area contributed by atoms with E-state index in [0.717, 1.165) is 16.4 Å². The SMILES string of the molecule is CC(NCc1ccc(O)cc1)c1ccc(Cl)s1. The van der Waals surface area contributed by atoms with Gasteiger partial charge in [0.2, 0.25) is 0 Å². The van der Waals surface area contributed by atoms with Gasteiger partial charge in [0.15, 0.2) is 0 Å². The Kier molecular flexibility index (Phi) is 4.05. The molecule has 0 bridgehead atoms. The van der Waals surface area contributed by atoms with Crippen LogP contribution in [0.5, 0.6) is 5.75 Å². The highest BCUT2D eigenvalue weighted by Gasteiger charge is 2.07. The Morgan fingerprint density at radius 2 is 1.94 bits per heavy atom. The number of hydrogen-bond donors (Lipinski definition) is 2. The third-order valence-electron chi connectivity index (χ3n) is 2.57. The minimum absolute atomic E-state index is 0.279. The molecule has 0 aliphatic rings. The van der Waals surface area contributed by atoms with Crippen LogP contribution in [0, 0.1) is 0 Å². The Bertz CT molecular complexity index is 480. The Morgan fingerprint density at radius 1 is 1.24 bits per heavy atom. The number of rotatable bonds is 4. The van der Waals surface area contributed by atoms with Gasteiger partial charge in [0.25, 0.3) is 0 Å². The molecule has 17 heavy (non-hydrogen) atoms.